The van der Waals surface area contributed by atoms with Crippen LogP contribution in [0.5, 0.6) is 0 Å². The standard InChI is InChI=1S/C8H10N2O4S/c9-8-10-5(3-15-8)1-4(7(13)14)2-6(11)12/h3-4H,1-2H2,(H2,9,10)(H,11,12)(H,13,14). The van der Waals surface area contributed by atoms with E-state index >= 15 is 0 Å². The van der Waals surface area contributed by atoms with Gasteiger partial charge in [-0.3, -0.25) is 9.59 Å². The minimum Gasteiger partial charge on any atom is -0.481 e. The van der Waals surface area contributed by atoms with Gasteiger partial charge in [-0.15, -0.1) is 11.3 Å². The van der Waals surface area contributed by atoms with E-state index in [0.29, 0.717) is 10.8 Å². The van der Waals surface area contributed by atoms with Gasteiger partial charge in [-0.05, 0) is 0 Å². The monoisotopic (exact) mass is 230 g/mol. The minimum absolute atomic E-state index is 0.0926. The van der Waals surface area contributed by atoms with Crippen LogP contribution in [-0.2, 0) is 16.0 Å². The Kier molecular flexibility index (Phi) is 3.62. The number of aliphatic carboxylic acids is 2. The van der Waals surface area contributed by atoms with Crippen LogP contribution in [0.15, 0.2) is 5.38 Å². The van der Waals surface area contributed by atoms with Crippen molar-refractivity contribution in [2.45, 2.75) is 12.8 Å². The van der Waals surface area contributed by atoms with Gasteiger partial charge in [-0.2, -0.15) is 0 Å². The van der Waals surface area contributed by atoms with Crippen molar-refractivity contribution < 1.29 is 19.8 Å². The molecule has 6 nitrogen and oxygen atoms in total. The van der Waals surface area contributed by atoms with Gasteiger partial charge in [0.05, 0.1) is 18.0 Å². The van der Waals surface area contributed by atoms with Crippen molar-refractivity contribution in [3.8, 4) is 0 Å². The topological polar surface area (TPSA) is 114 Å². The van der Waals surface area contributed by atoms with E-state index in [0.717, 1.165) is 0 Å². The van der Waals surface area contributed by atoms with Crippen LogP contribution in [0.4, 0.5) is 5.13 Å². The van der Waals surface area contributed by atoms with Crippen LogP contribution in [0.25, 0.3) is 0 Å². The van der Waals surface area contributed by atoms with Gasteiger partial charge in [-0.25, -0.2) is 4.98 Å². The highest BCUT2D eigenvalue weighted by molar-refractivity contribution is 7.13. The highest BCUT2D eigenvalue weighted by Crippen LogP contribution is 2.17. The molecule has 0 bridgehead atoms. The SMILES string of the molecule is Nc1nc(CC(CC(=O)O)C(=O)O)cs1. The molecule has 0 fully saturated rings. The van der Waals surface area contributed by atoms with Crippen LogP contribution in [0.3, 0.4) is 0 Å². The Labute approximate surface area is 89.4 Å². The van der Waals surface area contributed by atoms with E-state index in [9.17, 15) is 9.59 Å². The quantitative estimate of drug-likeness (QED) is 0.676. The third-order valence-electron chi connectivity index (χ3n) is 1.80. The lowest BCUT2D eigenvalue weighted by Crippen LogP contribution is -2.20. The number of nitrogens with zero attached hydrogens (tertiary/aromatic N) is 1. The summed E-state index contributed by atoms with van der Waals surface area (Å²) in [7, 11) is 0. The molecule has 0 radical (unpaired) electrons. The highest BCUT2D eigenvalue weighted by atomic mass is 32.1. The number of carbonyl (C=O) groups is 2. The summed E-state index contributed by atoms with van der Waals surface area (Å²) in [4.78, 5) is 25.0. The lowest BCUT2D eigenvalue weighted by molar-refractivity contribution is -0.148. The molecule has 0 aliphatic rings. The largest absolute Gasteiger partial charge is 0.481 e. The predicted molar refractivity (Wildman–Crippen MR) is 53.6 cm³/mol. The van der Waals surface area contributed by atoms with E-state index in [1.54, 1.807) is 5.38 Å². The Bertz CT molecular complexity index is 376. The molecule has 0 spiro atoms. The summed E-state index contributed by atoms with van der Waals surface area (Å²) in [5.74, 6) is -3.22. The molecule has 0 aliphatic heterocycles. The van der Waals surface area contributed by atoms with Crippen molar-refractivity contribution in [1.82, 2.24) is 4.98 Å². The van der Waals surface area contributed by atoms with E-state index in [-0.39, 0.29) is 6.42 Å². The first kappa shape index (κ1) is 11.4. The van der Waals surface area contributed by atoms with Gasteiger partial charge < -0.3 is 15.9 Å². The Morgan fingerprint density at radius 1 is 1.53 bits per heavy atom. The maximum atomic E-state index is 10.7. The molecular weight excluding hydrogens is 220 g/mol. The Balaban J connectivity index is 2.66. The molecule has 0 amide bonds. The first-order valence-corrected chi connectivity index (χ1v) is 5.01. The molecule has 1 aromatic heterocycles. The summed E-state index contributed by atoms with van der Waals surface area (Å²) in [6.45, 7) is 0. The average Bonchev–Trinajstić information content (AvgIpc) is 2.49. The number of carboxylic acid groups (broad SMARTS) is 2. The number of aromatic nitrogens is 1. The summed E-state index contributed by atoms with van der Waals surface area (Å²) in [6.07, 6.45) is -0.317. The lowest BCUT2D eigenvalue weighted by atomic mass is 10.0. The van der Waals surface area contributed by atoms with Crippen molar-refractivity contribution in [2.24, 2.45) is 5.92 Å². The summed E-state index contributed by atoms with van der Waals surface area (Å²) >= 11 is 1.20. The molecule has 0 aliphatic carbocycles. The Hall–Kier alpha value is -1.63. The van der Waals surface area contributed by atoms with Crippen molar-refractivity contribution in [2.75, 3.05) is 5.73 Å². The van der Waals surface area contributed by atoms with Crippen LogP contribution >= 0.6 is 11.3 Å². The summed E-state index contributed by atoms with van der Waals surface area (Å²) in [6, 6.07) is 0. The number of hydrogen-bond acceptors (Lipinski definition) is 5. The molecule has 0 saturated carbocycles. The molecule has 15 heavy (non-hydrogen) atoms. The number of nitrogen functional groups attached to an aromatic ring is 1. The van der Waals surface area contributed by atoms with Crippen molar-refractivity contribution in [3.63, 3.8) is 0 Å². The minimum atomic E-state index is -1.14. The van der Waals surface area contributed by atoms with Gasteiger partial charge in [0.25, 0.3) is 0 Å². The third kappa shape index (κ3) is 3.55. The zero-order valence-electron chi connectivity index (χ0n) is 7.71. The van der Waals surface area contributed by atoms with E-state index in [2.05, 4.69) is 4.98 Å². The fourth-order valence-electron chi connectivity index (χ4n) is 1.13. The van der Waals surface area contributed by atoms with Gasteiger partial charge in [0, 0.05) is 11.8 Å². The molecule has 4 N–H and O–H groups in total. The molecule has 1 heterocycles. The fourth-order valence-corrected chi connectivity index (χ4v) is 1.70. The summed E-state index contributed by atoms with van der Waals surface area (Å²) < 4.78 is 0. The number of nitrogens with two attached hydrogens (primary N) is 1. The van der Waals surface area contributed by atoms with Crippen molar-refractivity contribution in [1.29, 1.82) is 0 Å². The normalized spacial score (nSPS) is 12.3. The third-order valence-corrected chi connectivity index (χ3v) is 2.52. The Morgan fingerprint density at radius 2 is 2.20 bits per heavy atom. The second-order valence-corrected chi connectivity index (χ2v) is 3.90. The van der Waals surface area contributed by atoms with Crippen LogP contribution in [-0.4, -0.2) is 27.1 Å². The highest BCUT2D eigenvalue weighted by Gasteiger charge is 2.22. The second kappa shape index (κ2) is 4.74. The van der Waals surface area contributed by atoms with Gasteiger partial charge in [-0.1, -0.05) is 0 Å². The van der Waals surface area contributed by atoms with Crippen LogP contribution in [0.2, 0.25) is 0 Å². The zero-order valence-corrected chi connectivity index (χ0v) is 8.53. The van der Waals surface area contributed by atoms with Gasteiger partial charge in [0.15, 0.2) is 5.13 Å². The maximum absolute atomic E-state index is 10.7. The van der Waals surface area contributed by atoms with Crippen LogP contribution in [0.1, 0.15) is 12.1 Å². The van der Waals surface area contributed by atoms with E-state index in [1.165, 1.54) is 11.3 Å². The van der Waals surface area contributed by atoms with Crippen molar-refractivity contribution >= 4 is 28.4 Å². The smallest absolute Gasteiger partial charge is 0.307 e. The summed E-state index contributed by atoms with van der Waals surface area (Å²) in [5.41, 5.74) is 5.89. The molecule has 1 aromatic rings. The number of rotatable bonds is 5. The van der Waals surface area contributed by atoms with Crippen LogP contribution in [0, 0.1) is 5.92 Å². The lowest BCUT2D eigenvalue weighted by Gasteiger charge is -2.06. The number of hydrogen-bond donors (Lipinski definition) is 3. The number of anilines is 1. The first-order valence-electron chi connectivity index (χ1n) is 4.13. The molecule has 1 unspecified atom stereocenters. The molecule has 0 saturated heterocycles. The van der Waals surface area contributed by atoms with Gasteiger partial charge >= 0.3 is 11.9 Å². The van der Waals surface area contributed by atoms with Gasteiger partial charge in [0.2, 0.25) is 0 Å². The molecule has 1 rings (SSSR count). The van der Waals surface area contributed by atoms with Crippen LogP contribution < -0.4 is 5.73 Å². The molecule has 1 atom stereocenters. The van der Waals surface area contributed by atoms with E-state index in [1.807, 2.05) is 0 Å². The van der Waals surface area contributed by atoms with E-state index in [4.69, 9.17) is 15.9 Å². The second-order valence-electron chi connectivity index (χ2n) is 3.01. The number of thiazole rings is 1. The molecule has 7 heteroatoms. The molecule has 82 valence electrons. The van der Waals surface area contributed by atoms with E-state index < -0.39 is 24.3 Å². The zero-order chi connectivity index (χ0) is 11.4. The maximum Gasteiger partial charge on any atom is 0.307 e. The molecular formula is C8H10N2O4S. The Morgan fingerprint density at radius 3 is 2.60 bits per heavy atom. The summed E-state index contributed by atoms with van der Waals surface area (Å²) in [5, 5.41) is 19.3. The average molecular weight is 230 g/mol. The van der Waals surface area contributed by atoms with Crippen molar-refractivity contribution in [3.05, 3.63) is 11.1 Å². The predicted octanol–water partition coefficient (Wildman–Crippen LogP) is 0.443. The molecule has 0 aromatic carbocycles. The fraction of sp³-hybridized carbons (Fsp3) is 0.375. The van der Waals surface area contributed by atoms with Gasteiger partial charge in [0.1, 0.15) is 0 Å². The number of carboxylic acids is 2. The first-order chi connectivity index (χ1) is 6.99.